The Morgan fingerprint density at radius 2 is 0.929 bits per heavy atom. The molecule has 0 nitrogen and oxygen atoms in total. The van der Waals surface area contributed by atoms with Crippen molar-refractivity contribution in [2.45, 2.75) is 57.8 Å². The van der Waals surface area contributed by atoms with Crippen molar-refractivity contribution >= 4 is 0 Å². The Hall–Kier alpha value is -0.520. The van der Waals surface area contributed by atoms with Gasteiger partial charge in [-0.05, 0) is 25.7 Å². The summed E-state index contributed by atoms with van der Waals surface area (Å²) in [4.78, 5) is 0. The van der Waals surface area contributed by atoms with E-state index in [-0.39, 0.29) is 0 Å². The second-order valence-corrected chi connectivity index (χ2v) is 4.10. The molecule has 0 N–H and O–H groups in total. The van der Waals surface area contributed by atoms with E-state index in [1.807, 2.05) is 0 Å². The molecule has 0 amide bonds. The monoisotopic (exact) mass is 191 g/mol. The number of allylic oxidation sites excluding steroid dienone is 4. The number of rotatable bonds is 0. The average molecular weight is 191 g/mol. The fourth-order valence-corrected chi connectivity index (χ4v) is 1.82. The number of hydrogen-bond donors (Lipinski definition) is 0. The van der Waals surface area contributed by atoms with Crippen molar-refractivity contribution < 1.29 is 0 Å². The van der Waals surface area contributed by atoms with Crippen LogP contribution in [0, 0.1) is 6.42 Å². The standard InChI is InChI=1S/C14H23/c1-2-4-6-8-10-12-14-13-11-9-7-5-3-1/h1-5H,6-14H2/b4-2+,5-3+. The van der Waals surface area contributed by atoms with Crippen LogP contribution in [0.3, 0.4) is 0 Å². The maximum atomic E-state index is 2.29. The van der Waals surface area contributed by atoms with E-state index in [1.54, 1.807) is 0 Å². The highest BCUT2D eigenvalue weighted by atomic mass is 14.0. The largest absolute Gasteiger partial charge is 0.0879 e. The first kappa shape index (κ1) is 11.6. The lowest BCUT2D eigenvalue weighted by Crippen LogP contribution is -1.81. The molecular formula is C14H23. The van der Waals surface area contributed by atoms with Crippen LogP contribution in [-0.4, -0.2) is 0 Å². The summed E-state index contributed by atoms with van der Waals surface area (Å²) in [5.74, 6) is 0. The Morgan fingerprint density at radius 3 is 1.43 bits per heavy atom. The van der Waals surface area contributed by atoms with Crippen LogP contribution in [0.1, 0.15) is 57.8 Å². The normalized spacial score (nSPS) is 26.3. The van der Waals surface area contributed by atoms with Gasteiger partial charge in [0.1, 0.15) is 0 Å². The third kappa shape index (κ3) is 6.94. The average Bonchev–Trinajstić information content (AvgIpc) is 2.22. The summed E-state index contributed by atoms with van der Waals surface area (Å²) in [6.45, 7) is 0. The third-order valence-corrected chi connectivity index (χ3v) is 2.74. The maximum Gasteiger partial charge on any atom is 0.00441 e. The van der Waals surface area contributed by atoms with Crippen molar-refractivity contribution in [1.29, 1.82) is 0 Å². The molecule has 14 heavy (non-hydrogen) atoms. The van der Waals surface area contributed by atoms with Gasteiger partial charge in [0.15, 0.2) is 0 Å². The zero-order valence-corrected chi connectivity index (χ0v) is 9.25. The lowest BCUT2D eigenvalue weighted by molar-refractivity contribution is 0.583. The maximum absolute atomic E-state index is 2.29. The SMILES string of the molecule is [CH]1/C=C/CCCCCCCCC/C=C/1. The lowest BCUT2D eigenvalue weighted by atomic mass is 10.1. The van der Waals surface area contributed by atoms with Crippen molar-refractivity contribution in [1.82, 2.24) is 0 Å². The minimum absolute atomic E-state index is 1.25. The van der Waals surface area contributed by atoms with Crippen molar-refractivity contribution in [2.75, 3.05) is 0 Å². The molecule has 1 aliphatic rings. The number of hydrogen-bond acceptors (Lipinski definition) is 0. The zero-order valence-electron chi connectivity index (χ0n) is 9.25. The van der Waals surface area contributed by atoms with Crippen molar-refractivity contribution in [2.24, 2.45) is 0 Å². The van der Waals surface area contributed by atoms with E-state index in [1.165, 1.54) is 57.8 Å². The van der Waals surface area contributed by atoms with Crippen molar-refractivity contribution in [3.8, 4) is 0 Å². The third-order valence-electron chi connectivity index (χ3n) is 2.74. The van der Waals surface area contributed by atoms with Gasteiger partial charge in [-0.15, -0.1) is 0 Å². The Labute approximate surface area is 89.1 Å². The molecular weight excluding hydrogens is 168 g/mol. The molecule has 0 heteroatoms. The smallest absolute Gasteiger partial charge is 0.00441 e. The molecule has 0 saturated carbocycles. The van der Waals surface area contributed by atoms with Gasteiger partial charge in [0.05, 0.1) is 0 Å². The summed E-state index contributed by atoms with van der Waals surface area (Å²) in [5, 5.41) is 0. The van der Waals surface area contributed by atoms with Crippen molar-refractivity contribution in [3.05, 3.63) is 30.7 Å². The molecule has 1 aliphatic carbocycles. The highest BCUT2D eigenvalue weighted by Gasteiger charge is 1.91. The van der Waals surface area contributed by atoms with Gasteiger partial charge in [-0.1, -0.05) is 56.4 Å². The molecule has 0 aromatic carbocycles. The van der Waals surface area contributed by atoms with Gasteiger partial charge in [-0.2, -0.15) is 0 Å². The van der Waals surface area contributed by atoms with Gasteiger partial charge in [0.25, 0.3) is 0 Å². The van der Waals surface area contributed by atoms with Gasteiger partial charge < -0.3 is 0 Å². The first-order valence-electron chi connectivity index (χ1n) is 6.15. The zero-order chi connectivity index (χ0) is 9.90. The lowest BCUT2D eigenvalue weighted by Gasteiger charge is -2.00. The summed E-state index contributed by atoms with van der Waals surface area (Å²) in [6, 6.07) is 0. The highest BCUT2D eigenvalue weighted by Crippen LogP contribution is 2.10. The molecule has 0 aromatic heterocycles. The van der Waals surface area contributed by atoms with Crippen LogP contribution in [0.5, 0.6) is 0 Å². The van der Waals surface area contributed by atoms with Crippen LogP contribution in [0.2, 0.25) is 0 Å². The van der Waals surface area contributed by atoms with Crippen LogP contribution < -0.4 is 0 Å². The van der Waals surface area contributed by atoms with E-state index in [2.05, 4.69) is 30.7 Å². The van der Waals surface area contributed by atoms with Crippen molar-refractivity contribution in [3.63, 3.8) is 0 Å². The van der Waals surface area contributed by atoms with Gasteiger partial charge in [-0.3, -0.25) is 0 Å². The van der Waals surface area contributed by atoms with E-state index >= 15 is 0 Å². The van der Waals surface area contributed by atoms with Crippen LogP contribution in [0.15, 0.2) is 24.3 Å². The first-order valence-corrected chi connectivity index (χ1v) is 6.15. The summed E-state index contributed by atoms with van der Waals surface area (Å²) < 4.78 is 0. The molecule has 79 valence electrons. The Kier molecular flexibility index (Phi) is 7.47. The van der Waals surface area contributed by atoms with E-state index in [9.17, 15) is 0 Å². The molecule has 0 heterocycles. The van der Waals surface area contributed by atoms with Gasteiger partial charge in [0, 0.05) is 6.42 Å². The van der Waals surface area contributed by atoms with Gasteiger partial charge in [0.2, 0.25) is 0 Å². The van der Waals surface area contributed by atoms with E-state index in [0.717, 1.165) is 0 Å². The molecule has 0 aromatic rings. The van der Waals surface area contributed by atoms with Crippen LogP contribution in [0.25, 0.3) is 0 Å². The second-order valence-electron chi connectivity index (χ2n) is 4.10. The molecule has 0 fully saturated rings. The molecule has 1 rings (SSSR count). The van der Waals surface area contributed by atoms with Crippen LogP contribution >= 0.6 is 0 Å². The summed E-state index contributed by atoms with van der Waals surface area (Å²) >= 11 is 0. The molecule has 0 saturated heterocycles. The quantitative estimate of drug-likeness (QED) is 0.514. The predicted octanol–water partition coefficient (Wildman–Crippen LogP) is 4.83. The van der Waals surface area contributed by atoms with Gasteiger partial charge >= 0.3 is 0 Å². The van der Waals surface area contributed by atoms with Crippen LogP contribution in [-0.2, 0) is 0 Å². The molecule has 0 aliphatic heterocycles. The fourth-order valence-electron chi connectivity index (χ4n) is 1.82. The summed E-state index contributed by atoms with van der Waals surface area (Å²) in [6.07, 6.45) is 23.5. The van der Waals surface area contributed by atoms with E-state index < -0.39 is 0 Å². The second kappa shape index (κ2) is 9.05. The molecule has 1 radical (unpaired) electrons. The topological polar surface area (TPSA) is 0 Å². The highest BCUT2D eigenvalue weighted by molar-refractivity contribution is 5.08. The summed E-state index contributed by atoms with van der Waals surface area (Å²) in [7, 11) is 0. The van der Waals surface area contributed by atoms with Crippen LogP contribution in [0.4, 0.5) is 0 Å². The molecule has 0 unspecified atom stereocenters. The first-order chi connectivity index (χ1) is 7.00. The molecule has 0 bridgehead atoms. The Balaban J connectivity index is 2.17. The Morgan fingerprint density at radius 1 is 0.500 bits per heavy atom. The van der Waals surface area contributed by atoms with E-state index in [0.29, 0.717) is 0 Å². The predicted molar refractivity (Wildman–Crippen MR) is 64.1 cm³/mol. The van der Waals surface area contributed by atoms with Gasteiger partial charge in [-0.25, -0.2) is 0 Å². The molecule has 0 spiro atoms. The fraction of sp³-hybridized carbons (Fsp3) is 0.643. The van der Waals surface area contributed by atoms with E-state index in [4.69, 9.17) is 0 Å². The minimum atomic E-state index is 1.25. The minimum Gasteiger partial charge on any atom is -0.0879 e. The molecule has 0 atom stereocenters. The Bertz CT molecular complexity index is 147. The summed E-state index contributed by atoms with van der Waals surface area (Å²) in [5.41, 5.74) is 0.